The molecule has 1 heterocycles. The van der Waals surface area contributed by atoms with E-state index in [9.17, 15) is 9.59 Å². The van der Waals surface area contributed by atoms with Crippen molar-refractivity contribution in [3.8, 4) is 11.5 Å². The average Bonchev–Trinajstić information content (AvgIpc) is 2.75. The van der Waals surface area contributed by atoms with Crippen LogP contribution in [0.2, 0.25) is 0 Å². The fourth-order valence-electron chi connectivity index (χ4n) is 4.32. The van der Waals surface area contributed by atoms with Crippen LogP contribution in [0.5, 0.6) is 11.5 Å². The lowest BCUT2D eigenvalue weighted by molar-refractivity contribution is -0.151. The molecule has 0 unspecified atom stereocenters. The Morgan fingerprint density at radius 2 is 1.82 bits per heavy atom. The summed E-state index contributed by atoms with van der Waals surface area (Å²) in [6, 6.07) is 5.68. The van der Waals surface area contributed by atoms with Crippen molar-refractivity contribution in [3.63, 3.8) is 0 Å². The molecule has 1 aromatic rings. The largest absolute Gasteiger partial charge is 0.493 e. The molecule has 152 valence electrons. The Hall–Kier alpha value is -2.50. The van der Waals surface area contributed by atoms with Crippen molar-refractivity contribution in [2.45, 2.75) is 44.6 Å². The number of benzene rings is 1. The zero-order valence-electron chi connectivity index (χ0n) is 16.7. The minimum Gasteiger partial charge on any atom is -0.493 e. The van der Waals surface area contributed by atoms with Gasteiger partial charge in [-0.1, -0.05) is 18.9 Å². The minimum atomic E-state index is -0.527. The number of carbonyl (C=O) groups is 2. The van der Waals surface area contributed by atoms with E-state index < -0.39 is 5.97 Å². The van der Waals surface area contributed by atoms with Crippen LogP contribution in [-0.4, -0.2) is 50.2 Å². The van der Waals surface area contributed by atoms with E-state index in [0.717, 1.165) is 24.9 Å². The van der Waals surface area contributed by atoms with Crippen LogP contribution in [0, 0.1) is 5.92 Å². The molecule has 1 saturated carbocycles. The fraction of sp³-hybridized carbons (Fsp3) is 0.545. The number of hydrogen-bond donors (Lipinski definition) is 0. The second-order valence-electron chi connectivity index (χ2n) is 7.40. The van der Waals surface area contributed by atoms with Crippen LogP contribution in [0.4, 0.5) is 0 Å². The number of methoxy groups -OCH3 is 2. The van der Waals surface area contributed by atoms with E-state index in [2.05, 4.69) is 0 Å². The average molecular weight is 387 g/mol. The quantitative estimate of drug-likeness (QED) is 0.553. The molecule has 1 aromatic carbocycles. The number of esters is 1. The van der Waals surface area contributed by atoms with E-state index in [-0.39, 0.29) is 12.5 Å². The van der Waals surface area contributed by atoms with Gasteiger partial charge in [-0.3, -0.25) is 4.79 Å². The normalized spacial score (nSPS) is 21.9. The van der Waals surface area contributed by atoms with E-state index in [0.29, 0.717) is 23.5 Å². The first-order valence-electron chi connectivity index (χ1n) is 9.98. The van der Waals surface area contributed by atoms with Crippen molar-refractivity contribution in [1.29, 1.82) is 0 Å². The van der Waals surface area contributed by atoms with Gasteiger partial charge < -0.3 is 19.1 Å². The molecule has 2 aliphatic rings. The predicted molar refractivity (Wildman–Crippen MR) is 106 cm³/mol. The molecule has 6 nitrogen and oxygen atoms in total. The van der Waals surface area contributed by atoms with Gasteiger partial charge in [-0.2, -0.15) is 0 Å². The minimum absolute atomic E-state index is 0.0792. The Bertz CT molecular complexity index is 728. The Morgan fingerprint density at radius 3 is 2.61 bits per heavy atom. The van der Waals surface area contributed by atoms with Crippen molar-refractivity contribution in [3.05, 3.63) is 29.8 Å². The SMILES string of the molecule is COc1ccc(/C=C/C(=O)OCC(=O)N2CCC[C@H]3CCCC[C@H]32)cc1OC. The molecule has 0 spiro atoms. The summed E-state index contributed by atoms with van der Waals surface area (Å²) in [4.78, 5) is 26.6. The third-order valence-electron chi connectivity index (χ3n) is 5.72. The van der Waals surface area contributed by atoms with Crippen LogP contribution < -0.4 is 9.47 Å². The molecule has 0 bridgehead atoms. The molecule has 0 radical (unpaired) electrons. The summed E-state index contributed by atoms with van der Waals surface area (Å²) in [7, 11) is 3.13. The third kappa shape index (κ3) is 4.86. The lowest BCUT2D eigenvalue weighted by atomic mass is 9.78. The van der Waals surface area contributed by atoms with Gasteiger partial charge in [-0.05, 0) is 55.4 Å². The lowest BCUT2D eigenvalue weighted by Crippen LogP contribution is -2.50. The molecular weight excluding hydrogens is 358 g/mol. The summed E-state index contributed by atoms with van der Waals surface area (Å²) in [6.45, 7) is 0.581. The van der Waals surface area contributed by atoms with Crippen LogP contribution in [0.3, 0.4) is 0 Å². The van der Waals surface area contributed by atoms with Crippen molar-refractivity contribution in [2.75, 3.05) is 27.4 Å². The highest BCUT2D eigenvalue weighted by Crippen LogP contribution is 2.35. The maximum atomic E-state index is 12.6. The molecule has 1 amide bonds. The number of nitrogens with zero attached hydrogens (tertiary/aromatic N) is 1. The first kappa shape index (κ1) is 20.2. The van der Waals surface area contributed by atoms with Crippen molar-refractivity contribution in [1.82, 2.24) is 4.90 Å². The number of carbonyl (C=O) groups excluding carboxylic acids is 2. The number of piperidine rings is 1. The molecule has 0 N–H and O–H groups in total. The van der Waals surface area contributed by atoms with Crippen molar-refractivity contribution in [2.24, 2.45) is 5.92 Å². The zero-order valence-corrected chi connectivity index (χ0v) is 16.7. The van der Waals surface area contributed by atoms with Crippen LogP contribution in [0.15, 0.2) is 24.3 Å². The summed E-state index contributed by atoms with van der Waals surface area (Å²) in [5.41, 5.74) is 0.780. The summed E-state index contributed by atoms with van der Waals surface area (Å²) in [5, 5.41) is 0. The molecule has 1 aliphatic heterocycles. The summed E-state index contributed by atoms with van der Waals surface area (Å²) in [5.74, 6) is 1.22. The number of rotatable bonds is 6. The highest BCUT2D eigenvalue weighted by atomic mass is 16.5. The third-order valence-corrected chi connectivity index (χ3v) is 5.72. The molecular formula is C22H29NO5. The number of amides is 1. The first-order valence-corrected chi connectivity index (χ1v) is 9.98. The topological polar surface area (TPSA) is 65.1 Å². The highest BCUT2D eigenvalue weighted by Gasteiger charge is 2.35. The van der Waals surface area contributed by atoms with E-state index in [1.54, 1.807) is 32.4 Å². The lowest BCUT2D eigenvalue weighted by Gasteiger charge is -2.44. The molecule has 2 fully saturated rings. The molecule has 3 rings (SSSR count). The highest BCUT2D eigenvalue weighted by molar-refractivity contribution is 5.89. The van der Waals surface area contributed by atoms with E-state index in [1.807, 2.05) is 11.0 Å². The van der Waals surface area contributed by atoms with Gasteiger partial charge in [0.15, 0.2) is 18.1 Å². The van der Waals surface area contributed by atoms with Crippen LogP contribution in [0.25, 0.3) is 6.08 Å². The number of likely N-dealkylation sites (tertiary alicyclic amines) is 1. The summed E-state index contributed by atoms with van der Waals surface area (Å²) >= 11 is 0. The van der Waals surface area contributed by atoms with Crippen LogP contribution in [-0.2, 0) is 14.3 Å². The van der Waals surface area contributed by atoms with Gasteiger partial charge in [0.1, 0.15) is 0 Å². The number of hydrogen-bond acceptors (Lipinski definition) is 5. The maximum Gasteiger partial charge on any atom is 0.331 e. The van der Waals surface area contributed by atoms with Gasteiger partial charge in [0.25, 0.3) is 5.91 Å². The van der Waals surface area contributed by atoms with E-state index in [1.165, 1.54) is 31.8 Å². The molecule has 1 aliphatic carbocycles. The van der Waals surface area contributed by atoms with E-state index in [4.69, 9.17) is 14.2 Å². The Morgan fingerprint density at radius 1 is 1.07 bits per heavy atom. The fourth-order valence-corrected chi connectivity index (χ4v) is 4.32. The molecule has 1 saturated heterocycles. The second-order valence-corrected chi connectivity index (χ2v) is 7.40. The van der Waals surface area contributed by atoms with Crippen molar-refractivity contribution >= 4 is 18.0 Å². The Kier molecular flexibility index (Phi) is 6.95. The first-order chi connectivity index (χ1) is 13.6. The summed E-state index contributed by atoms with van der Waals surface area (Å²) < 4.78 is 15.6. The molecule has 6 heteroatoms. The van der Waals surface area contributed by atoms with Gasteiger partial charge in [0, 0.05) is 18.7 Å². The standard InChI is InChI=1S/C22H29NO5/c1-26-19-11-9-16(14-20(19)27-2)10-12-22(25)28-15-21(24)23-13-5-7-17-6-3-4-8-18(17)23/h9-12,14,17-18H,3-8,13,15H2,1-2H3/b12-10+/t17-,18-/m1/s1. The van der Waals surface area contributed by atoms with Gasteiger partial charge >= 0.3 is 5.97 Å². The van der Waals surface area contributed by atoms with Gasteiger partial charge in [0.05, 0.1) is 14.2 Å². The van der Waals surface area contributed by atoms with E-state index >= 15 is 0 Å². The molecule has 0 aromatic heterocycles. The Balaban J connectivity index is 1.52. The predicted octanol–water partition coefficient (Wildman–Crippen LogP) is 3.44. The zero-order chi connectivity index (χ0) is 19.9. The van der Waals surface area contributed by atoms with Gasteiger partial charge in [0.2, 0.25) is 0 Å². The smallest absolute Gasteiger partial charge is 0.331 e. The van der Waals surface area contributed by atoms with Crippen molar-refractivity contribution < 1.29 is 23.8 Å². The number of fused-ring (bicyclic) bond motifs is 1. The maximum absolute atomic E-state index is 12.6. The molecule has 28 heavy (non-hydrogen) atoms. The summed E-state index contributed by atoms with van der Waals surface area (Å²) in [6.07, 6.45) is 9.94. The Labute approximate surface area is 166 Å². The van der Waals surface area contributed by atoms with Crippen LogP contribution in [0.1, 0.15) is 44.1 Å². The number of ether oxygens (including phenoxy) is 3. The second kappa shape index (κ2) is 9.62. The van der Waals surface area contributed by atoms with Gasteiger partial charge in [-0.15, -0.1) is 0 Å². The van der Waals surface area contributed by atoms with Gasteiger partial charge in [-0.25, -0.2) is 4.79 Å². The van der Waals surface area contributed by atoms with Crippen LogP contribution >= 0.6 is 0 Å². The monoisotopic (exact) mass is 387 g/mol. The molecule has 2 atom stereocenters.